The van der Waals surface area contributed by atoms with Crippen molar-refractivity contribution in [2.45, 2.75) is 19.3 Å². The average Bonchev–Trinajstić information content (AvgIpc) is 2.89. The van der Waals surface area contributed by atoms with Crippen molar-refractivity contribution >= 4 is 5.97 Å². The van der Waals surface area contributed by atoms with Crippen molar-refractivity contribution in [3.05, 3.63) is 126 Å². The Bertz CT molecular complexity index is 1300. The molecule has 0 saturated carbocycles. The first-order valence-corrected chi connectivity index (χ1v) is 10.9. The number of esters is 1. The molecule has 0 aromatic heterocycles. The molecule has 4 nitrogen and oxygen atoms in total. The first-order valence-electron chi connectivity index (χ1n) is 10.9. The van der Waals surface area contributed by atoms with Gasteiger partial charge in [0.2, 0.25) is 0 Å². The number of hydrogen-bond acceptors (Lipinski definition) is 4. The minimum absolute atomic E-state index is 0.178. The van der Waals surface area contributed by atoms with Crippen LogP contribution in [0.4, 0.5) is 26.3 Å². The standard InChI is InChI=1S/C28H20F6O4/c1-16(2)27(35)38-22-14-8-19(9-15-22)28(3,17-4-10-20(11-5-17)36-25(33)23(29)30)18-6-12-21(13-7-18)37-26(34)24(31)32/h4-15H,1H2,2-3H3. The third-order valence-electron chi connectivity index (χ3n) is 5.57. The molecule has 0 amide bonds. The summed E-state index contributed by atoms with van der Waals surface area (Å²) in [7, 11) is 0. The molecule has 0 aliphatic heterocycles. The van der Waals surface area contributed by atoms with Gasteiger partial charge in [-0.15, -0.1) is 0 Å². The summed E-state index contributed by atoms with van der Waals surface area (Å²) >= 11 is 0. The van der Waals surface area contributed by atoms with Gasteiger partial charge in [0, 0.05) is 11.0 Å². The number of benzene rings is 3. The van der Waals surface area contributed by atoms with Crippen LogP contribution in [0, 0.1) is 0 Å². The summed E-state index contributed by atoms with van der Waals surface area (Å²) in [6.07, 6.45) is -5.21. The second-order valence-electron chi connectivity index (χ2n) is 8.14. The van der Waals surface area contributed by atoms with Crippen LogP contribution in [0.5, 0.6) is 17.2 Å². The molecule has 3 aromatic rings. The monoisotopic (exact) mass is 534 g/mol. The fraction of sp³-hybridized carbons (Fsp3) is 0.107. The third kappa shape index (κ3) is 6.44. The largest absolute Gasteiger partial charge is 0.428 e. The summed E-state index contributed by atoms with van der Waals surface area (Å²) in [5.74, 6) is -0.711. The molecule has 0 heterocycles. The van der Waals surface area contributed by atoms with Crippen molar-refractivity contribution in [2.75, 3.05) is 0 Å². The average molecular weight is 534 g/mol. The summed E-state index contributed by atoms with van der Waals surface area (Å²) in [5.41, 5.74) is 1.08. The van der Waals surface area contributed by atoms with Crippen LogP contribution in [0.1, 0.15) is 30.5 Å². The zero-order chi connectivity index (χ0) is 28.0. The molecule has 0 aliphatic rings. The van der Waals surface area contributed by atoms with Crippen LogP contribution in [-0.4, -0.2) is 5.97 Å². The second-order valence-corrected chi connectivity index (χ2v) is 8.14. The van der Waals surface area contributed by atoms with Gasteiger partial charge in [-0.2, -0.15) is 26.3 Å². The Kier molecular flexibility index (Phi) is 8.67. The molecule has 0 radical (unpaired) electrons. The molecule has 0 spiro atoms. The molecule has 0 bridgehead atoms. The first kappa shape index (κ1) is 28.1. The lowest BCUT2D eigenvalue weighted by Gasteiger charge is -2.32. The zero-order valence-corrected chi connectivity index (χ0v) is 20.0. The predicted octanol–water partition coefficient (Wildman–Crippen LogP) is 8.35. The minimum atomic E-state index is -2.60. The van der Waals surface area contributed by atoms with Crippen LogP contribution in [0.25, 0.3) is 0 Å². The topological polar surface area (TPSA) is 44.8 Å². The van der Waals surface area contributed by atoms with E-state index in [4.69, 9.17) is 4.74 Å². The van der Waals surface area contributed by atoms with Gasteiger partial charge in [-0.1, -0.05) is 43.0 Å². The fourth-order valence-electron chi connectivity index (χ4n) is 3.55. The van der Waals surface area contributed by atoms with E-state index in [1.807, 2.05) is 0 Å². The van der Waals surface area contributed by atoms with E-state index >= 15 is 0 Å². The lowest BCUT2D eigenvalue weighted by Crippen LogP contribution is -2.25. The SMILES string of the molecule is C=C(C)C(=O)Oc1ccc(C(C)(c2ccc(OC(F)=C(F)F)cc2)c2ccc(OC(F)=C(F)F)cc2)cc1. The highest BCUT2D eigenvalue weighted by atomic mass is 19.3. The lowest BCUT2D eigenvalue weighted by atomic mass is 9.71. The normalized spacial score (nSPS) is 10.8. The molecule has 0 aliphatic carbocycles. The van der Waals surface area contributed by atoms with E-state index < -0.39 is 35.6 Å². The highest BCUT2D eigenvalue weighted by Gasteiger charge is 2.31. The number of hydrogen-bond donors (Lipinski definition) is 0. The van der Waals surface area contributed by atoms with Gasteiger partial charge in [0.05, 0.1) is 0 Å². The smallest absolute Gasteiger partial charge is 0.344 e. The van der Waals surface area contributed by atoms with Crippen molar-refractivity contribution < 1.29 is 45.3 Å². The van der Waals surface area contributed by atoms with Gasteiger partial charge in [-0.05, 0) is 66.9 Å². The molecule has 38 heavy (non-hydrogen) atoms. The Labute approximate surface area is 214 Å². The molecule has 0 unspecified atom stereocenters. The van der Waals surface area contributed by atoms with Crippen molar-refractivity contribution in [1.82, 2.24) is 0 Å². The molecule has 0 fully saturated rings. The van der Waals surface area contributed by atoms with Crippen LogP contribution in [0.2, 0.25) is 0 Å². The number of halogens is 6. The Hall–Kier alpha value is -4.47. The van der Waals surface area contributed by atoms with Crippen LogP contribution in [0.15, 0.2) is 109 Å². The summed E-state index contributed by atoms with van der Waals surface area (Å²) in [5, 5.41) is 0. The van der Waals surface area contributed by atoms with Crippen LogP contribution in [0.3, 0.4) is 0 Å². The minimum Gasteiger partial charge on any atom is -0.428 e. The third-order valence-corrected chi connectivity index (χ3v) is 5.57. The molecule has 0 saturated heterocycles. The van der Waals surface area contributed by atoms with Crippen LogP contribution < -0.4 is 14.2 Å². The van der Waals surface area contributed by atoms with Gasteiger partial charge in [0.25, 0.3) is 0 Å². The molecule has 3 aromatic carbocycles. The van der Waals surface area contributed by atoms with Gasteiger partial charge in [-0.25, -0.2) is 4.79 Å². The Morgan fingerprint density at radius 2 is 0.895 bits per heavy atom. The van der Waals surface area contributed by atoms with E-state index in [1.165, 1.54) is 55.5 Å². The summed E-state index contributed by atoms with van der Waals surface area (Å²) < 4.78 is 90.2. The maximum atomic E-state index is 13.2. The molecule has 0 N–H and O–H groups in total. The van der Waals surface area contributed by atoms with Crippen molar-refractivity contribution in [3.8, 4) is 17.2 Å². The number of ether oxygens (including phenoxy) is 3. The van der Waals surface area contributed by atoms with E-state index in [-0.39, 0.29) is 22.8 Å². The highest BCUT2D eigenvalue weighted by Crippen LogP contribution is 2.41. The van der Waals surface area contributed by atoms with Gasteiger partial charge in [0.1, 0.15) is 17.2 Å². The Morgan fingerprint density at radius 1 is 0.605 bits per heavy atom. The number of rotatable bonds is 9. The van der Waals surface area contributed by atoms with Crippen molar-refractivity contribution in [1.29, 1.82) is 0 Å². The number of carbonyl (C=O) groups is 1. The second kappa shape index (κ2) is 11.7. The summed E-state index contributed by atoms with van der Waals surface area (Å²) in [4.78, 5) is 11.8. The van der Waals surface area contributed by atoms with Crippen molar-refractivity contribution in [3.63, 3.8) is 0 Å². The molecule has 198 valence electrons. The molecule has 0 atom stereocenters. The van der Waals surface area contributed by atoms with Crippen LogP contribution >= 0.6 is 0 Å². The van der Waals surface area contributed by atoms with Crippen LogP contribution in [-0.2, 0) is 10.2 Å². The Morgan fingerprint density at radius 3 is 1.16 bits per heavy atom. The van der Waals surface area contributed by atoms with Gasteiger partial charge >= 0.3 is 30.2 Å². The van der Waals surface area contributed by atoms with E-state index in [0.29, 0.717) is 16.7 Å². The summed E-state index contributed by atoms with van der Waals surface area (Å²) in [6, 6.07) is 13.7. The fourth-order valence-corrected chi connectivity index (χ4v) is 3.55. The molecule has 3 rings (SSSR count). The van der Waals surface area contributed by atoms with Gasteiger partial charge < -0.3 is 14.2 Å². The highest BCUT2D eigenvalue weighted by molar-refractivity contribution is 5.88. The zero-order valence-electron chi connectivity index (χ0n) is 20.0. The number of carbonyl (C=O) groups excluding carboxylic acids is 1. The quantitative estimate of drug-likeness (QED) is 0.0691. The molecule has 10 heteroatoms. The van der Waals surface area contributed by atoms with E-state index in [1.54, 1.807) is 31.2 Å². The molecular formula is C28H20F6O4. The van der Waals surface area contributed by atoms with E-state index in [9.17, 15) is 31.1 Å². The van der Waals surface area contributed by atoms with E-state index in [0.717, 1.165) is 0 Å². The van der Waals surface area contributed by atoms with Gasteiger partial charge in [-0.3, -0.25) is 0 Å². The summed E-state index contributed by atoms with van der Waals surface area (Å²) in [6.45, 7) is 6.83. The Balaban J connectivity index is 2.04. The maximum absolute atomic E-state index is 13.2. The predicted molar refractivity (Wildman–Crippen MR) is 127 cm³/mol. The van der Waals surface area contributed by atoms with E-state index in [2.05, 4.69) is 16.1 Å². The van der Waals surface area contributed by atoms with Crippen molar-refractivity contribution in [2.24, 2.45) is 0 Å². The van der Waals surface area contributed by atoms with Gasteiger partial charge in [0.15, 0.2) is 0 Å². The lowest BCUT2D eigenvalue weighted by molar-refractivity contribution is -0.130. The first-order chi connectivity index (χ1) is 17.9. The maximum Gasteiger partial charge on any atom is 0.344 e. The molecular weight excluding hydrogens is 514 g/mol.